The molecule has 3 nitrogen and oxygen atoms in total. The Hall–Kier alpha value is -0.450. The first-order chi connectivity index (χ1) is 8.28. The predicted molar refractivity (Wildman–Crippen MR) is 71.2 cm³/mol. The highest BCUT2D eigenvalue weighted by Crippen LogP contribution is 2.37. The van der Waals surface area contributed by atoms with Crippen LogP contribution in [-0.4, -0.2) is 47.0 Å². The minimum Gasteiger partial charge on any atom is -0.301 e. The third kappa shape index (κ3) is 2.26. The molecule has 2 aliphatic rings. The van der Waals surface area contributed by atoms with Crippen LogP contribution in [0.25, 0.3) is 0 Å². The van der Waals surface area contributed by atoms with Crippen LogP contribution in [0.15, 0.2) is 11.6 Å². The van der Waals surface area contributed by atoms with Crippen LogP contribution in [-0.2, 0) is 6.54 Å². The van der Waals surface area contributed by atoms with Gasteiger partial charge in [0.2, 0.25) is 0 Å². The van der Waals surface area contributed by atoms with Gasteiger partial charge in [-0.2, -0.15) is 0 Å². The van der Waals surface area contributed by atoms with Crippen molar-refractivity contribution in [1.29, 1.82) is 0 Å². The summed E-state index contributed by atoms with van der Waals surface area (Å²) in [5, 5.41) is 3.34. The minimum absolute atomic E-state index is 0.541. The lowest BCUT2D eigenvalue weighted by atomic mass is 9.85. The summed E-state index contributed by atoms with van der Waals surface area (Å²) >= 11 is 1.78. The Morgan fingerprint density at radius 2 is 2.12 bits per heavy atom. The summed E-state index contributed by atoms with van der Waals surface area (Å²) in [6.45, 7) is 4.83. The highest BCUT2D eigenvalue weighted by Gasteiger charge is 2.40. The molecule has 2 saturated heterocycles. The molecule has 1 aromatic rings. The first-order valence-corrected chi connectivity index (χ1v) is 7.48. The molecule has 0 unspecified atom stereocenters. The van der Waals surface area contributed by atoms with Crippen molar-refractivity contribution in [2.45, 2.75) is 37.8 Å². The molecule has 3 rings (SSSR count). The molecule has 94 valence electrons. The van der Waals surface area contributed by atoms with Crippen LogP contribution in [0.2, 0.25) is 0 Å². The van der Waals surface area contributed by atoms with E-state index >= 15 is 0 Å². The molecule has 1 spiro atoms. The van der Waals surface area contributed by atoms with E-state index in [1.54, 1.807) is 11.3 Å². The van der Waals surface area contributed by atoms with Crippen LogP contribution < -0.4 is 0 Å². The molecule has 0 bridgehead atoms. The van der Waals surface area contributed by atoms with Gasteiger partial charge in [-0.05, 0) is 39.3 Å². The summed E-state index contributed by atoms with van der Waals surface area (Å²) in [4.78, 5) is 9.55. The van der Waals surface area contributed by atoms with E-state index in [0.29, 0.717) is 5.54 Å². The van der Waals surface area contributed by atoms with Crippen molar-refractivity contribution in [3.8, 4) is 0 Å². The molecule has 4 heteroatoms. The van der Waals surface area contributed by atoms with E-state index in [1.807, 2.05) is 6.20 Å². The standard InChI is InChI=1S/C13H21N3S/c1-15-7-2-3-13(15)4-8-16(9-5-13)11-12-14-6-10-17-12/h6,10H,2-5,7-9,11H2,1H3. The van der Waals surface area contributed by atoms with Crippen LogP contribution in [0.5, 0.6) is 0 Å². The quantitative estimate of drug-likeness (QED) is 0.803. The number of hydrogen-bond donors (Lipinski definition) is 0. The lowest BCUT2D eigenvalue weighted by molar-refractivity contribution is 0.0673. The van der Waals surface area contributed by atoms with Gasteiger partial charge >= 0.3 is 0 Å². The van der Waals surface area contributed by atoms with Crippen molar-refractivity contribution in [3.05, 3.63) is 16.6 Å². The fourth-order valence-corrected chi connectivity index (χ4v) is 4.01. The van der Waals surface area contributed by atoms with Gasteiger partial charge in [0.05, 0.1) is 6.54 Å². The summed E-state index contributed by atoms with van der Waals surface area (Å²) in [5.74, 6) is 0. The number of thiazole rings is 1. The molecule has 0 radical (unpaired) electrons. The average molecular weight is 251 g/mol. The Bertz CT molecular complexity index is 355. The second-order valence-electron chi connectivity index (χ2n) is 5.45. The molecule has 2 fully saturated rings. The van der Waals surface area contributed by atoms with Crippen molar-refractivity contribution in [3.63, 3.8) is 0 Å². The number of nitrogens with zero attached hydrogens (tertiary/aromatic N) is 3. The summed E-state index contributed by atoms with van der Waals surface area (Å²) in [6.07, 6.45) is 7.40. The van der Waals surface area contributed by atoms with E-state index in [1.165, 1.54) is 50.3 Å². The minimum atomic E-state index is 0.541. The van der Waals surface area contributed by atoms with E-state index in [-0.39, 0.29) is 0 Å². The highest BCUT2D eigenvalue weighted by atomic mass is 32.1. The van der Waals surface area contributed by atoms with Crippen LogP contribution >= 0.6 is 11.3 Å². The average Bonchev–Trinajstić information content (AvgIpc) is 2.94. The van der Waals surface area contributed by atoms with Crippen molar-refractivity contribution in [1.82, 2.24) is 14.8 Å². The van der Waals surface area contributed by atoms with E-state index < -0.39 is 0 Å². The first kappa shape index (κ1) is 11.6. The zero-order valence-corrected chi connectivity index (χ0v) is 11.4. The predicted octanol–water partition coefficient (Wildman–Crippen LogP) is 2.20. The molecule has 1 aromatic heterocycles. The number of likely N-dealkylation sites (tertiary alicyclic amines) is 2. The first-order valence-electron chi connectivity index (χ1n) is 6.60. The maximum absolute atomic E-state index is 4.38. The maximum Gasteiger partial charge on any atom is 0.107 e. The van der Waals surface area contributed by atoms with E-state index in [0.717, 1.165) is 6.54 Å². The molecule has 0 amide bonds. The van der Waals surface area contributed by atoms with Crippen molar-refractivity contribution >= 4 is 11.3 Å². The second kappa shape index (κ2) is 4.67. The Kier molecular flexibility index (Phi) is 3.19. The summed E-state index contributed by atoms with van der Waals surface area (Å²) in [7, 11) is 2.31. The molecule has 17 heavy (non-hydrogen) atoms. The third-order valence-electron chi connectivity index (χ3n) is 4.57. The van der Waals surface area contributed by atoms with Gasteiger partial charge in [-0.15, -0.1) is 11.3 Å². The molecule has 0 saturated carbocycles. The number of rotatable bonds is 2. The van der Waals surface area contributed by atoms with Gasteiger partial charge < -0.3 is 4.90 Å². The van der Waals surface area contributed by atoms with Gasteiger partial charge in [0.15, 0.2) is 0 Å². The molecule has 0 aliphatic carbocycles. The van der Waals surface area contributed by atoms with Crippen LogP contribution in [0.3, 0.4) is 0 Å². The molecule has 2 aliphatic heterocycles. The van der Waals surface area contributed by atoms with Gasteiger partial charge in [0, 0.05) is 30.2 Å². The van der Waals surface area contributed by atoms with Crippen molar-refractivity contribution in [2.75, 3.05) is 26.7 Å². The van der Waals surface area contributed by atoms with E-state index in [2.05, 4.69) is 27.2 Å². The largest absolute Gasteiger partial charge is 0.301 e. The number of hydrogen-bond acceptors (Lipinski definition) is 4. The van der Waals surface area contributed by atoms with Gasteiger partial charge in [0.1, 0.15) is 5.01 Å². The van der Waals surface area contributed by atoms with Crippen LogP contribution in [0.4, 0.5) is 0 Å². The fraction of sp³-hybridized carbons (Fsp3) is 0.769. The monoisotopic (exact) mass is 251 g/mol. The normalized spacial score (nSPS) is 25.7. The van der Waals surface area contributed by atoms with Gasteiger partial charge in [-0.3, -0.25) is 4.90 Å². The maximum atomic E-state index is 4.38. The van der Waals surface area contributed by atoms with Crippen LogP contribution in [0, 0.1) is 0 Å². The van der Waals surface area contributed by atoms with Gasteiger partial charge in [-0.1, -0.05) is 0 Å². The zero-order chi connectivity index (χ0) is 11.7. The van der Waals surface area contributed by atoms with Gasteiger partial charge in [0.25, 0.3) is 0 Å². The SMILES string of the molecule is CN1CCCC12CCN(Cc1nccs1)CC2. The Morgan fingerprint density at radius 1 is 1.29 bits per heavy atom. The van der Waals surface area contributed by atoms with E-state index in [9.17, 15) is 0 Å². The molecule has 0 atom stereocenters. The van der Waals surface area contributed by atoms with Gasteiger partial charge in [-0.25, -0.2) is 4.98 Å². The molecule has 3 heterocycles. The molecular formula is C13H21N3S. The topological polar surface area (TPSA) is 19.4 Å². The summed E-state index contributed by atoms with van der Waals surface area (Å²) < 4.78 is 0. The van der Waals surface area contributed by atoms with Crippen molar-refractivity contribution < 1.29 is 0 Å². The Labute approximate surface area is 107 Å². The Balaban J connectivity index is 1.57. The fourth-order valence-electron chi connectivity index (χ4n) is 3.35. The number of piperidine rings is 1. The smallest absolute Gasteiger partial charge is 0.107 e. The summed E-state index contributed by atoms with van der Waals surface area (Å²) in [5.41, 5.74) is 0.541. The molecular weight excluding hydrogens is 230 g/mol. The highest BCUT2D eigenvalue weighted by molar-refractivity contribution is 7.09. The molecule has 0 aromatic carbocycles. The second-order valence-corrected chi connectivity index (χ2v) is 6.43. The van der Waals surface area contributed by atoms with Crippen molar-refractivity contribution in [2.24, 2.45) is 0 Å². The lowest BCUT2D eigenvalue weighted by Crippen LogP contribution is -2.50. The lowest BCUT2D eigenvalue weighted by Gasteiger charge is -2.43. The molecule has 0 N–H and O–H groups in total. The number of aromatic nitrogens is 1. The summed E-state index contributed by atoms with van der Waals surface area (Å²) in [6, 6.07) is 0. The van der Waals surface area contributed by atoms with Crippen LogP contribution in [0.1, 0.15) is 30.7 Å². The third-order valence-corrected chi connectivity index (χ3v) is 5.34. The Morgan fingerprint density at radius 3 is 2.71 bits per heavy atom. The van der Waals surface area contributed by atoms with E-state index in [4.69, 9.17) is 0 Å². The zero-order valence-electron chi connectivity index (χ0n) is 10.6.